The highest BCUT2D eigenvalue weighted by Crippen LogP contribution is 2.47. The van der Waals surface area contributed by atoms with Gasteiger partial charge in [-0.05, 0) is 72.6 Å². The third-order valence-corrected chi connectivity index (χ3v) is 11.9. The Morgan fingerprint density at radius 3 is 2.40 bits per heavy atom. The number of ether oxygens (including phenoxy) is 1. The van der Waals surface area contributed by atoms with Gasteiger partial charge in [-0.15, -0.1) is 0 Å². The van der Waals surface area contributed by atoms with Crippen LogP contribution in [0.3, 0.4) is 0 Å². The van der Waals surface area contributed by atoms with Crippen LogP contribution in [-0.2, 0) is 22.5 Å². The van der Waals surface area contributed by atoms with Crippen molar-refractivity contribution in [3.8, 4) is 0 Å². The lowest BCUT2D eigenvalue weighted by atomic mass is 9.95. The molecule has 6 nitrogen and oxygen atoms in total. The molecule has 0 radical (unpaired) electrons. The molecule has 45 heavy (non-hydrogen) atoms. The van der Waals surface area contributed by atoms with Crippen molar-refractivity contribution in [2.45, 2.75) is 63.6 Å². The molecule has 2 amide bonds. The number of aliphatic hydroxyl groups excluding tert-OH is 1. The van der Waals surface area contributed by atoms with Crippen LogP contribution in [0, 0.1) is 5.92 Å². The molecule has 0 aromatic heterocycles. The molecule has 2 aliphatic rings. The Hall–Kier alpha value is -3.85. The normalized spacial score (nSPS) is 21.1. The number of hydrogen-bond acceptors (Lipinski definition) is 4. The summed E-state index contributed by atoms with van der Waals surface area (Å²) in [7, 11) is -3.17. The summed E-state index contributed by atoms with van der Waals surface area (Å²) in [4.78, 5) is 30.4. The van der Waals surface area contributed by atoms with Crippen molar-refractivity contribution < 1.29 is 23.5 Å². The summed E-state index contributed by atoms with van der Waals surface area (Å²) in [6.07, 6.45) is 0.787. The summed E-state index contributed by atoms with van der Waals surface area (Å²) < 4.78 is 22.3. The number of carbonyl (C=O) groups is 2. The molecular weight excluding hydrogens is 584 g/mol. The van der Waals surface area contributed by atoms with Gasteiger partial charge in [0.1, 0.15) is 0 Å². The maximum atomic E-state index is 15.8. The number of halogens is 1. The molecular formula is C37H41FN2O4Si. The van der Waals surface area contributed by atoms with E-state index in [2.05, 4.69) is 19.1 Å². The van der Waals surface area contributed by atoms with E-state index in [1.165, 1.54) is 0 Å². The molecule has 1 fully saturated rings. The van der Waals surface area contributed by atoms with Gasteiger partial charge in [0.05, 0.1) is 36.5 Å². The zero-order valence-corrected chi connectivity index (χ0v) is 27.2. The van der Waals surface area contributed by atoms with E-state index < -0.39 is 14.5 Å². The van der Waals surface area contributed by atoms with Crippen molar-refractivity contribution in [2.24, 2.45) is 5.92 Å². The van der Waals surface area contributed by atoms with Gasteiger partial charge in [-0.1, -0.05) is 73.7 Å². The van der Waals surface area contributed by atoms with Crippen LogP contribution >= 0.6 is 0 Å². The van der Waals surface area contributed by atoms with Gasteiger partial charge in [0.25, 0.3) is 5.91 Å². The molecule has 234 valence electrons. The van der Waals surface area contributed by atoms with Crippen LogP contribution in [0.5, 0.6) is 0 Å². The van der Waals surface area contributed by atoms with E-state index in [-0.39, 0.29) is 48.9 Å². The first-order chi connectivity index (χ1) is 21.7. The van der Waals surface area contributed by atoms with Crippen molar-refractivity contribution in [3.63, 3.8) is 0 Å². The lowest BCUT2D eigenvalue weighted by Gasteiger charge is -2.30. The number of anilines is 2. The number of hydrogen-bond donors (Lipinski definition) is 1. The smallest absolute Gasteiger partial charge is 0.263 e. The van der Waals surface area contributed by atoms with Crippen LogP contribution in [0.4, 0.5) is 15.5 Å². The Bertz CT molecular complexity index is 1690. The zero-order valence-electron chi connectivity index (χ0n) is 26.2. The minimum absolute atomic E-state index is 0.0281. The molecule has 2 heterocycles. The second-order valence-electron chi connectivity index (χ2n) is 12.9. The van der Waals surface area contributed by atoms with Crippen molar-refractivity contribution in [2.75, 3.05) is 18.1 Å². The molecule has 4 aromatic carbocycles. The molecule has 0 aliphatic carbocycles. The van der Waals surface area contributed by atoms with Crippen LogP contribution < -0.4 is 4.90 Å². The SMILES string of the molecule is C[C@H]1[C@H]([Si](C)(C)F)[C@@H](CC(=O)N(CCO)Cc2ccccc2)O[C@H]1CCc1cccc(N2C(=O)c3cccc4cccc2c34)c1. The predicted octanol–water partition coefficient (Wildman–Crippen LogP) is 7.42. The average molecular weight is 625 g/mol. The van der Waals surface area contributed by atoms with Gasteiger partial charge in [0, 0.05) is 29.7 Å². The fourth-order valence-corrected chi connectivity index (χ4v) is 9.97. The largest absolute Gasteiger partial charge is 0.395 e. The molecule has 4 atom stereocenters. The first-order valence-corrected chi connectivity index (χ1v) is 18.8. The van der Waals surface area contributed by atoms with Crippen molar-refractivity contribution in [3.05, 3.63) is 108 Å². The van der Waals surface area contributed by atoms with E-state index >= 15 is 4.11 Å². The Balaban J connectivity index is 1.16. The third kappa shape index (κ3) is 6.32. The fourth-order valence-electron chi connectivity index (χ4n) is 7.43. The van der Waals surface area contributed by atoms with Crippen molar-refractivity contribution in [1.29, 1.82) is 0 Å². The zero-order chi connectivity index (χ0) is 31.7. The molecule has 1 saturated heterocycles. The summed E-state index contributed by atoms with van der Waals surface area (Å²) in [6, 6.07) is 29.6. The van der Waals surface area contributed by atoms with Crippen LogP contribution in [-0.4, -0.2) is 55.6 Å². The standard InChI is InChI=1S/C37H41FN2O4Si/c1-25-32(44-33(36(25)45(2,3)38)23-34(42)39(20-21-41)24-27-10-5-4-6-11-27)19-18-26-12-7-15-29(22-26)40-31-17-9-14-28-13-8-16-30(35(28)31)37(40)43/h4-17,22,25,32-33,36,41H,18-21,23-24H2,1-3H3/t25-,32+,33-,36+/m1/s1. The Morgan fingerprint density at radius 2 is 1.67 bits per heavy atom. The Kier molecular flexibility index (Phi) is 8.91. The topological polar surface area (TPSA) is 70.1 Å². The second kappa shape index (κ2) is 12.9. The van der Waals surface area contributed by atoms with Gasteiger partial charge in [-0.2, -0.15) is 0 Å². The van der Waals surface area contributed by atoms with E-state index in [1.807, 2.05) is 78.9 Å². The lowest BCUT2D eigenvalue weighted by molar-refractivity contribution is -0.135. The number of carbonyl (C=O) groups excluding carboxylic acids is 2. The average Bonchev–Trinajstić information content (AvgIpc) is 3.50. The molecule has 0 unspecified atom stereocenters. The minimum atomic E-state index is -3.17. The third-order valence-electron chi connectivity index (χ3n) is 9.45. The number of nitrogens with zero attached hydrogens (tertiary/aromatic N) is 2. The summed E-state index contributed by atoms with van der Waals surface area (Å²) in [5, 5.41) is 11.7. The number of aryl methyl sites for hydroxylation is 1. The molecule has 2 aliphatic heterocycles. The minimum Gasteiger partial charge on any atom is -0.395 e. The second-order valence-corrected chi connectivity index (χ2v) is 16.7. The highest BCUT2D eigenvalue weighted by Gasteiger charge is 2.51. The van der Waals surface area contributed by atoms with Crippen LogP contribution in [0.1, 0.15) is 41.3 Å². The highest BCUT2D eigenvalue weighted by molar-refractivity contribution is 6.72. The summed E-state index contributed by atoms with van der Waals surface area (Å²) in [5.74, 6) is -0.196. The first-order valence-electron chi connectivity index (χ1n) is 15.9. The van der Waals surface area contributed by atoms with E-state index in [4.69, 9.17) is 4.74 Å². The summed E-state index contributed by atoms with van der Waals surface area (Å²) in [5.41, 5.74) is 4.17. The molecule has 0 bridgehead atoms. The first kappa shape index (κ1) is 31.1. The fraction of sp³-hybridized carbons (Fsp3) is 0.351. The molecule has 8 heteroatoms. The summed E-state index contributed by atoms with van der Waals surface area (Å²) >= 11 is 0. The van der Waals surface area contributed by atoms with Crippen LogP contribution in [0.2, 0.25) is 18.6 Å². The molecule has 6 rings (SSSR count). The maximum absolute atomic E-state index is 15.8. The van der Waals surface area contributed by atoms with E-state index in [1.54, 1.807) is 22.9 Å². The number of aliphatic hydroxyl groups is 1. The van der Waals surface area contributed by atoms with Crippen molar-refractivity contribution in [1.82, 2.24) is 4.90 Å². The van der Waals surface area contributed by atoms with Gasteiger partial charge in [0.2, 0.25) is 14.3 Å². The number of amides is 2. The van der Waals surface area contributed by atoms with Gasteiger partial charge < -0.3 is 18.9 Å². The van der Waals surface area contributed by atoms with Gasteiger partial charge in [-0.3, -0.25) is 14.5 Å². The quantitative estimate of drug-likeness (QED) is 0.139. The van der Waals surface area contributed by atoms with Gasteiger partial charge >= 0.3 is 0 Å². The molecule has 0 spiro atoms. The molecule has 4 aromatic rings. The Labute approximate surface area is 265 Å². The van der Waals surface area contributed by atoms with Gasteiger partial charge in [0.15, 0.2) is 0 Å². The molecule has 1 N–H and O–H groups in total. The Morgan fingerprint density at radius 1 is 0.956 bits per heavy atom. The summed E-state index contributed by atoms with van der Waals surface area (Å²) in [6.45, 7) is 5.95. The van der Waals surface area contributed by atoms with E-state index in [0.717, 1.165) is 33.3 Å². The van der Waals surface area contributed by atoms with Crippen molar-refractivity contribution >= 4 is 42.4 Å². The number of rotatable bonds is 11. The number of benzene rings is 4. The van der Waals surface area contributed by atoms with E-state index in [9.17, 15) is 14.7 Å². The maximum Gasteiger partial charge on any atom is 0.263 e. The highest BCUT2D eigenvalue weighted by atomic mass is 28.4. The molecule has 0 saturated carbocycles. The lowest BCUT2D eigenvalue weighted by Crippen LogP contribution is -2.40. The van der Waals surface area contributed by atoms with E-state index in [0.29, 0.717) is 24.9 Å². The van der Waals surface area contributed by atoms with Crippen LogP contribution in [0.25, 0.3) is 10.8 Å². The van der Waals surface area contributed by atoms with Gasteiger partial charge in [-0.25, -0.2) is 0 Å². The monoisotopic (exact) mass is 624 g/mol. The van der Waals surface area contributed by atoms with Crippen LogP contribution in [0.15, 0.2) is 91.0 Å². The predicted molar refractivity (Wildman–Crippen MR) is 179 cm³/mol.